The predicted molar refractivity (Wildman–Crippen MR) is 97.3 cm³/mol. The smallest absolute Gasteiger partial charge is 0.226 e. The van der Waals surface area contributed by atoms with Crippen molar-refractivity contribution in [2.24, 2.45) is 0 Å². The topological polar surface area (TPSA) is 87.1 Å². The van der Waals surface area contributed by atoms with Crippen molar-refractivity contribution in [1.82, 2.24) is 19.9 Å². The van der Waals surface area contributed by atoms with Crippen LogP contribution in [-0.4, -0.2) is 44.2 Å². The van der Waals surface area contributed by atoms with Crippen LogP contribution in [0.3, 0.4) is 0 Å². The molecule has 1 aliphatic rings. The van der Waals surface area contributed by atoms with Crippen LogP contribution in [0.4, 0.5) is 21.8 Å². The highest BCUT2D eigenvalue weighted by molar-refractivity contribution is 6.31. The van der Waals surface area contributed by atoms with Crippen molar-refractivity contribution in [3.8, 4) is 0 Å². The molecule has 1 aliphatic heterocycles. The first-order valence-corrected chi connectivity index (χ1v) is 8.61. The molecule has 0 saturated carbocycles. The predicted octanol–water partition coefficient (Wildman–Crippen LogP) is 2.92. The lowest BCUT2D eigenvalue weighted by Gasteiger charge is -2.29. The lowest BCUT2D eigenvalue weighted by molar-refractivity contribution is 0.145. The molecular weight excluding hydrogens is 359 g/mol. The molecule has 3 aromatic rings. The number of aromatic nitrogens is 4. The maximum atomic E-state index is 13.3. The number of anilines is 3. The summed E-state index contributed by atoms with van der Waals surface area (Å²) in [5.41, 5.74) is 1.75. The minimum atomic E-state index is -0.485. The molecule has 0 unspecified atom stereocenters. The van der Waals surface area contributed by atoms with E-state index >= 15 is 0 Å². The van der Waals surface area contributed by atoms with Gasteiger partial charge in [-0.05, 0) is 31.0 Å². The second-order valence-electron chi connectivity index (χ2n) is 6.10. The standard InChI is InChI=1S/C17H16ClFN6O/c18-12-7-10(1-2-13(12)19)23-16-15-14(21-9-22-16)8-20-17(24-15)25-5-3-11(26)4-6-25/h1-2,7-9,11,26H,3-6H2,(H,21,22,23). The van der Waals surface area contributed by atoms with E-state index in [1.165, 1.54) is 18.5 Å². The van der Waals surface area contributed by atoms with Gasteiger partial charge in [-0.15, -0.1) is 0 Å². The molecule has 0 bridgehead atoms. The molecule has 0 atom stereocenters. The van der Waals surface area contributed by atoms with Gasteiger partial charge in [0.05, 0.1) is 17.3 Å². The molecular formula is C17H16ClFN6O. The number of halogens is 2. The molecule has 9 heteroatoms. The molecule has 0 amide bonds. The van der Waals surface area contributed by atoms with Gasteiger partial charge in [0, 0.05) is 18.8 Å². The lowest BCUT2D eigenvalue weighted by Crippen LogP contribution is -2.36. The van der Waals surface area contributed by atoms with Gasteiger partial charge >= 0.3 is 0 Å². The maximum absolute atomic E-state index is 13.3. The van der Waals surface area contributed by atoms with E-state index < -0.39 is 5.82 Å². The molecule has 1 aromatic carbocycles. The van der Waals surface area contributed by atoms with Gasteiger partial charge in [-0.25, -0.2) is 24.3 Å². The number of fused-ring (bicyclic) bond motifs is 1. The molecule has 0 spiro atoms. The normalized spacial score (nSPS) is 15.4. The fourth-order valence-electron chi connectivity index (χ4n) is 2.87. The van der Waals surface area contributed by atoms with Crippen LogP contribution in [0, 0.1) is 5.82 Å². The minimum Gasteiger partial charge on any atom is -0.393 e. The number of nitrogens with zero attached hydrogens (tertiary/aromatic N) is 5. The number of rotatable bonds is 3. The van der Waals surface area contributed by atoms with Crippen molar-refractivity contribution < 1.29 is 9.50 Å². The van der Waals surface area contributed by atoms with E-state index in [2.05, 4.69) is 25.3 Å². The Labute approximate surface area is 153 Å². The maximum Gasteiger partial charge on any atom is 0.226 e. The largest absolute Gasteiger partial charge is 0.393 e. The van der Waals surface area contributed by atoms with E-state index in [-0.39, 0.29) is 11.1 Å². The van der Waals surface area contributed by atoms with Crippen LogP contribution in [-0.2, 0) is 0 Å². The van der Waals surface area contributed by atoms with E-state index in [0.29, 0.717) is 54.4 Å². The Hall–Kier alpha value is -2.58. The molecule has 1 fully saturated rings. The van der Waals surface area contributed by atoms with Crippen LogP contribution in [0.1, 0.15) is 12.8 Å². The molecule has 7 nitrogen and oxygen atoms in total. The Morgan fingerprint density at radius 3 is 2.77 bits per heavy atom. The summed E-state index contributed by atoms with van der Waals surface area (Å²) < 4.78 is 13.3. The second-order valence-corrected chi connectivity index (χ2v) is 6.51. The van der Waals surface area contributed by atoms with Crippen molar-refractivity contribution in [2.75, 3.05) is 23.3 Å². The summed E-state index contributed by atoms with van der Waals surface area (Å²) in [6.45, 7) is 1.38. The highest BCUT2D eigenvalue weighted by Crippen LogP contribution is 2.26. The Morgan fingerprint density at radius 1 is 1.19 bits per heavy atom. The Balaban J connectivity index is 1.68. The number of piperidine rings is 1. The average molecular weight is 375 g/mol. The minimum absolute atomic E-state index is 0.0237. The highest BCUT2D eigenvalue weighted by atomic mass is 35.5. The Bertz CT molecular complexity index is 948. The third kappa shape index (κ3) is 3.38. The monoisotopic (exact) mass is 374 g/mol. The fourth-order valence-corrected chi connectivity index (χ4v) is 3.05. The molecule has 1 saturated heterocycles. The number of benzene rings is 1. The third-order valence-corrected chi connectivity index (χ3v) is 4.58. The first-order valence-electron chi connectivity index (χ1n) is 8.23. The van der Waals surface area contributed by atoms with Gasteiger partial charge in [-0.2, -0.15) is 0 Å². The van der Waals surface area contributed by atoms with Crippen LogP contribution in [0.15, 0.2) is 30.7 Å². The molecule has 4 rings (SSSR count). The van der Waals surface area contributed by atoms with Crippen molar-refractivity contribution in [3.63, 3.8) is 0 Å². The van der Waals surface area contributed by atoms with Crippen LogP contribution < -0.4 is 10.2 Å². The summed E-state index contributed by atoms with van der Waals surface area (Å²) in [4.78, 5) is 19.4. The van der Waals surface area contributed by atoms with Crippen molar-refractivity contribution >= 4 is 40.1 Å². The summed E-state index contributed by atoms with van der Waals surface area (Å²) in [5.74, 6) is 0.569. The van der Waals surface area contributed by atoms with E-state index in [1.807, 2.05) is 4.90 Å². The Kier molecular flexibility index (Phi) is 4.52. The second kappa shape index (κ2) is 6.97. The van der Waals surface area contributed by atoms with E-state index in [1.54, 1.807) is 12.3 Å². The third-order valence-electron chi connectivity index (χ3n) is 4.29. The fraction of sp³-hybridized carbons (Fsp3) is 0.294. The number of hydrogen-bond acceptors (Lipinski definition) is 7. The molecule has 0 aliphatic carbocycles. The average Bonchev–Trinajstić information content (AvgIpc) is 2.65. The van der Waals surface area contributed by atoms with Gasteiger partial charge in [0.25, 0.3) is 0 Å². The number of aliphatic hydroxyl groups is 1. The summed E-state index contributed by atoms with van der Waals surface area (Å²) >= 11 is 5.84. The van der Waals surface area contributed by atoms with E-state index in [0.717, 1.165) is 0 Å². The number of hydrogen-bond donors (Lipinski definition) is 2. The SMILES string of the molecule is OC1CCN(c2ncc3ncnc(Nc4ccc(F)c(Cl)c4)c3n2)CC1. The quantitative estimate of drug-likeness (QED) is 0.728. The van der Waals surface area contributed by atoms with E-state index in [9.17, 15) is 9.50 Å². The molecule has 26 heavy (non-hydrogen) atoms. The van der Waals surface area contributed by atoms with Crippen LogP contribution >= 0.6 is 11.6 Å². The van der Waals surface area contributed by atoms with Gasteiger partial charge in [0.1, 0.15) is 23.2 Å². The molecule has 0 radical (unpaired) electrons. The molecule has 2 aromatic heterocycles. The summed E-state index contributed by atoms with van der Waals surface area (Å²) in [6.07, 6.45) is 4.16. The van der Waals surface area contributed by atoms with Gasteiger partial charge < -0.3 is 15.3 Å². The Morgan fingerprint density at radius 2 is 2.00 bits per heavy atom. The first kappa shape index (κ1) is 16.9. The zero-order chi connectivity index (χ0) is 18.1. The lowest BCUT2D eigenvalue weighted by atomic mass is 10.1. The molecule has 2 N–H and O–H groups in total. The van der Waals surface area contributed by atoms with Crippen molar-refractivity contribution in [3.05, 3.63) is 41.6 Å². The van der Waals surface area contributed by atoms with Crippen LogP contribution in [0.5, 0.6) is 0 Å². The zero-order valence-electron chi connectivity index (χ0n) is 13.7. The summed E-state index contributed by atoms with van der Waals surface area (Å²) in [5, 5.41) is 12.8. The van der Waals surface area contributed by atoms with Crippen molar-refractivity contribution in [2.45, 2.75) is 18.9 Å². The first-order chi connectivity index (χ1) is 12.6. The number of aliphatic hydroxyl groups excluding tert-OH is 1. The highest BCUT2D eigenvalue weighted by Gasteiger charge is 2.20. The van der Waals surface area contributed by atoms with Gasteiger partial charge in [-0.3, -0.25) is 0 Å². The summed E-state index contributed by atoms with van der Waals surface area (Å²) in [6, 6.07) is 4.34. The molecule has 134 valence electrons. The van der Waals surface area contributed by atoms with E-state index in [4.69, 9.17) is 11.6 Å². The van der Waals surface area contributed by atoms with Crippen molar-refractivity contribution in [1.29, 1.82) is 0 Å². The molecule has 3 heterocycles. The zero-order valence-corrected chi connectivity index (χ0v) is 14.5. The number of nitrogens with one attached hydrogen (secondary N) is 1. The van der Waals surface area contributed by atoms with Crippen LogP contribution in [0.25, 0.3) is 11.0 Å². The van der Waals surface area contributed by atoms with Gasteiger partial charge in [0.15, 0.2) is 5.82 Å². The summed E-state index contributed by atoms with van der Waals surface area (Å²) in [7, 11) is 0. The van der Waals surface area contributed by atoms with Gasteiger partial charge in [0.2, 0.25) is 5.95 Å². The van der Waals surface area contributed by atoms with Gasteiger partial charge in [-0.1, -0.05) is 11.6 Å². The van der Waals surface area contributed by atoms with Crippen LogP contribution in [0.2, 0.25) is 5.02 Å².